The summed E-state index contributed by atoms with van der Waals surface area (Å²) in [7, 11) is 0. The largest absolute Gasteiger partial charge is 0.329 e. The SMILES string of the molecule is NC[C@H](c1ccc(F)cc1)N1CCNCC1. The summed E-state index contributed by atoms with van der Waals surface area (Å²) in [5.41, 5.74) is 6.92. The van der Waals surface area contributed by atoms with Crippen LogP contribution in [0.5, 0.6) is 0 Å². The van der Waals surface area contributed by atoms with Gasteiger partial charge in [-0.1, -0.05) is 12.1 Å². The van der Waals surface area contributed by atoms with Gasteiger partial charge in [0.15, 0.2) is 0 Å². The molecule has 0 aliphatic carbocycles. The number of nitrogens with two attached hydrogens (primary N) is 1. The Balaban J connectivity index is 2.11. The molecule has 16 heavy (non-hydrogen) atoms. The van der Waals surface area contributed by atoms with E-state index in [0.717, 1.165) is 31.7 Å². The Morgan fingerprint density at radius 1 is 1.25 bits per heavy atom. The second-order valence-electron chi connectivity index (χ2n) is 4.09. The quantitative estimate of drug-likeness (QED) is 0.794. The molecule has 0 bridgehead atoms. The summed E-state index contributed by atoms with van der Waals surface area (Å²) in [6, 6.07) is 6.87. The van der Waals surface area contributed by atoms with Gasteiger partial charge in [0.25, 0.3) is 0 Å². The van der Waals surface area contributed by atoms with Crippen molar-refractivity contribution in [1.82, 2.24) is 10.2 Å². The van der Waals surface area contributed by atoms with Gasteiger partial charge in [-0.05, 0) is 17.7 Å². The number of nitrogens with zero attached hydrogens (tertiary/aromatic N) is 1. The van der Waals surface area contributed by atoms with Crippen molar-refractivity contribution in [3.8, 4) is 0 Å². The van der Waals surface area contributed by atoms with Crippen LogP contribution < -0.4 is 11.1 Å². The highest BCUT2D eigenvalue weighted by Gasteiger charge is 2.20. The van der Waals surface area contributed by atoms with Crippen molar-refractivity contribution >= 4 is 0 Å². The third-order valence-corrected chi connectivity index (χ3v) is 3.07. The molecule has 4 heteroatoms. The first-order valence-electron chi connectivity index (χ1n) is 5.71. The van der Waals surface area contributed by atoms with Crippen molar-refractivity contribution in [1.29, 1.82) is 0 Å². The summed E-state index contributed by atoms with van der Waals surface area (Å²) in [5.74, 6) is -0.195. The second-order valence-corrected chi connectivity index (χ2v) is 4.09. The molecule has 1 saturated heterocycles. The van der Waals surface area contributed by atoms with Crippen molar-refractivity contribution in [2.45, 2.75) is 6.04 Å². The lowest BCUT2D eigenvalue weighted by Gasteiger charge is -2.34. The van der Waals surface area contributed by atoms with E-state index in [9.17, 15) is 4.39 Å². The molecule has 0 unspecified atom stereocenters. The molecule has 0 aromatic heterocycles. The fourth-order valence-electron chi connectivity index (χ4n) is 2.17. The van der Waals surface area contributed by atoms with Crippen LogP contribution in [0.4, 0.5) is 4.39 Å². The number of halogens is 1. The number of nitrogens with one attached hydrogen (secondary N) is 1. The number of hydrogen-bond acceptors (Lipinski definition) is 3. The topological polar surface area (TPSA) is 41.3 Å². The van der Waals surface area contributed by atoms with Crippen molar-refractivity contribution in [2.24, 2.45) is 5.73 Å². The van der Waals surface area contributed by atoms with E-state index in [0.29, 0.717) is 6.54 Å². The van der Waals surface area contributed by atoms with Crippen LogP contribution >= 0.6 is 0 Å². The minimum Gasteiger partial charge on any atom is -0.329 e. The van der Waals surface area contributed by atoms with Crippen LogP contribution in [0.2, 0.25) is 0 Å². The van der Waals surface area contributed by atoms with Gasteiger partial charge in [0.1, 0.15) is 5.82 Å². The molecule has 1 aliphatic heterocycles. The molecule has 0 saturated carbocycles. The molecular formula is C12H18FN3. The highest BCUT2D eigenvalue weighted by molar-refractivity contribution is 5.20. The fraction of sp³-hybridized carbons (Fsp3) is 0.500. The highest BCUT2D eigenvalue weighted by Crippen LogP contribution is 2.20. The van der Waals surface area contributed by atoms with E-state index in [4.69, 9.17) is 5.73 Å². The van der Waals surface area contributed by atoms with E-state index in [1.807, 2.05) is 12.1 Å². The summed E-state index contributed by atoms with van der Waals surface area (Å²) in [6.07, 6.45) is 0. The van der Waals surface area contributed by atoms with Crippen LogP contribution in [0.25, 0.3) is 0 Å². The van der Waals surface area contributed by atoms with Crippen LogP contribution in [-0.2, 0) is 0 Å². The summed E-state index contributed by atoms with van der Waals surface area (Å²) in [6.45, 7) is 4.57. The van der Waals surface area contributed by atoms with Gasteiger partial charge in [-0.2, -0.15) is 0 Å². The van der Waals surface area contributed by atoms with E-state index >= 15 is 0 Å². The minimum atomic E-state index is -0.195. The van der Waals surface area contributed by atoms with Crippen LogP contribution in [-0.4, -0.2) is 37.6 Å². The van der Waals surface area contributed by atoms with Crippen LogP contribution in [0.3, 0.4) is 0 Å². The summed E-state index contributed by atoms with van der Waals surface area (Å²) < 4.78 is 12.8. The van der Waals surface area contributed by atoms with Crippen molar-refractivity contribution in [3.05, 3.63) is 35.6 Å². The van der Waals surface area contributed by atoms with Crippen molar-refractivity contribution in [3.63, 3.8) is 0 Å². The number of piperazine rings is 1. The number of rotatable bonds is 3. The Labute approximate surface area is 95.4 Å². The minimum absolute atomic E-state index is 0.195. The Morgan fingerprint density at radius 3 is 2.44 bits per heavy atom. The maximum Gasteiger partial charge on any atom is 0.123 e. The zero-order chi connectivity index (χ0) is 11.4. The van der Waals surface area contributed by atoms with Crippen molar-refractivity contribution < 1.29 is 4.39 Å². The Kier molecular flexibility index (Phi) is 3.88. The Hall–Kier alpha value is -0.970. The molecule has 1 heterocycles. The van der Waals surface area contributed by atoms with Gasteiger partial charge >= 0.3 is 0 Å². The van der Waals surface area contributed by atoms with Crippen molar-refractivity contribution in [2.75, 3.05) is 32.7 Å². The Morgan fingerprint density at radius 2 is 1.88 bits per heavy atom. The molecule has 2 rings (SSSR count). The average molecular weight is 223 g/mol. The van der Waals surface area contributed by atoms with Gasteiger partial charge in [0.05, 0.1) is 0 Å². The molecule has 3 N–H and O–H groups in total. The predicted octanol–water partition coefficient (Wildman–Crippen LogP) is 0.731. The Bertz CT molecular complexity index is 320. The maximum absolute atomic E-state index is 12.8. The van der Waals surface area contributed by atoms with Gasteiger partial charge in [-0.25, -0.2) is 4.39 Å². The maximum atomic E-state index is 12.8. The smallest absolute Gasteiger partial charge is 0.123 e. The summed E-state index contributed by atoms with van der Waals surface area (Å²) in [5, 5.41) is 3.31. The van der Waals surface area contributed by atoms with Crippen LogP contribution in [0.15, 0.2) is 24.3 Å². The third-order valence-electron chi connectivity index (χ3n) is 3.07. The first-order valence-corrected chi connectivity index (χ1v) is 5.71. The van der Waals surface area contributed by atoms with Gasteiger partial charge in [0, 0.05) is 38.8 Å². The predicted molar refractivity (Wildman–Crippen MR) is 62.6 cm³/mol. The third kappa shape index (κ3) is 2.58. The molecule has 1 fully saturated rings. The molecule has 1 atom stereocenters. The monoisotopic (exact) mass is 223 g/mol. The van der Waals surface area contributed by atoms with E-state index in [1.165, 1.54) is 12.1 Å². The molecule has 3 nitrogen and oxygen atoms in total. The van der Waals surface area contributed by atoms with Crippen LogP contribution in [0, 0.1) is 5.82 Å². The van der Waals surface area contributed by atoms with E-state index < -0.39 is 0 Å². The zero-order valence-corrected chi connectivity index (χ0v) is 9.32. The van der Waals surface area contributed by atoms with Gasteiger partial charge in [0.2, 0.25) is 0 Å². The first-order chi connectivity index (χ1) is 7.81. The van der Waals surface area contributed by atoms with Gasteiger partial charge in [-0.15, -0.1) is 0 Å². The highest BCUT2D eigenvalue weighted by atomic mass is 19.1. The lowest BCUT2D eigenvalue weighted by atomic mass is 10.0. The van der Waals surface area contributed by atoms with Crippen LogP contribution in [0.1, 0.15) is 11.6 Å². The first kappa shape index (κ1) is 11.5. The fourth-order valence-corrected chi connectivity index (χ4v) is 2.17. The zero-order valence-electron chi connectivity index (χ0n) is 9.32. The van der Waals surface area contributed by atoms with E-state index in [-0.39, 0.29) is 11.9 Å². The van der Waals surface area contributed by atoms with Gasteiger partial charge < -0.3 is 11.1 Å². The molecule has 1 aromatic carbocycles. The number of hydrogen-bond donors (Lipinski definition) is 2. The molecule has 1 aliphatic rings. The average Bonchev–Trinajstić information content (AvgIpc) is 2.34. The lowest BCUT2D eigenvalue weighted by molar-refractivity contribution is 0.178. The van der Waals surface area contributed by atoms with Gasteiger partial charge in [-0.3, -0.25) is 4.90 Å². The molecule has 1 aromatic rings. The standard InChI is InChI=1S/C12H18FN3/c13-11-3-1-10(2-4-11)12(9-14)16-7-5-15-6-8-16/h1-4,12,15H,5-9,14H2/t12-/m1/s1. The molecular weight excluding hydrogens is 205 g/mol. The van der Waals surface area contributed by atoms with E-state index in [1.54, 1.807) is 0 Å². The second kappa shape index (κ2) is 5.39. The normalized spacial score (nSPS) is 19.6. The molecule has 0 radical (unpaired) electrons. The van der Waals surface area contributed by atoms with E-state index in [2.05, 4.69) is 10.2 Å². The number of benzene rings is 1. The molecule has 0 amide bonds. The molecule has 0 spiro atoms. The summed E-state index contributed by atoms with van der Waals surface area (Å²) >= 11 is 0. The lowest BCUT2D eigenvalue weighted by Crippen LogP contribution is -2.46. The summed E-state index contributed by atoms with van der Waals surface area (Å²) in [4.78, 5) is 2.35. The molecule has 88 valence electrons.